The number of nitrogen functional groups attached to an aromatic ring is 1. The van der Waals surface area contributed by atoms with E-state index in [1.54, 1.807) is 0 Å². The fraction of sp³-hybridized carbons (Fsp3) is 0.700. The SMILES string of the molecule is Cc1nc(N2CCCN(C)CC2)c(N)[nH]1. The normalized spacial score (nSPS) is 19.2. The van der Waals surface area contributed by atoms with Crippen LogP contribution >= 0.6 is 0 Å². The minimum Gasteiger partial charge on any atom is -0.382 e. The van der Waals surface area contributed by atoms with Gasteiger partial charge in [-0.15, -0.1) is 0 Å². The fourth-order valence-electron chi connectivity index (χ4n) is 2.00. The van der Waals surface area contributed by atoms with Gasteiger partial charge in [0.1, 0.15) is 11.6 Å². The van der Waals surface area contributed by atoms with Crippen molar-refractivity contribution in [2.75, 3.05) is 43.9 Å². The maximum absolute atomic E-state index is 5.88. The maximum atomic E-state index is 5.88. The molecule has 0 atom stereocenters. The lowest BCUT2D eigenvalue weighted by Gasteiger charge is -2.20. The number of hydrogen-bond acceptors (Lipinski definition) is 4. The number of aromatic nitrogens is 2. The fourth-order valence-corrected chi connectivity index (χ4v) is 2.00. The summed E-state index contributed by atoms with van der Waals surface area (Å²) in [6.45, 7) is 6.21. The summed E-state index contributed by atoms with van der Waals surface area (Å²) in [6.07, 6.45) is 1.17. The van der Waals surface area contributed by atoms with Crippen molar-refractivity contribution in [2.45, 2.75) is 13.3 Å². The molecule has 1 aromatic rings. The molecule has 5 nitrogen and oxygen atoms in total. The average molecular weight is 209 g/mol. The molecule has 0 bridgehead atoms. The summed E-state index contributed by atoms with van der Waals surface area (Å²) in [5.41, 5.74) is 5.88. The van der Waals surface area contributed by atoms with Crippen molar-refractivity contribution in [2.24, 2.45) is 0 Å². The summed E-state index contributed by atoms with van der Waals surface area (Å²) in [5, 5.41) is 0. The molecule has 2 rings (SSSR count). The molecule has 0 saturated carbocycles. The van der Waals surface area contributed by atoms with Gasteiger partial charge in [0.25, 0.3) is 0 Å². The van der Waals surface area contributed by atoms with Gasteiger partial charge >= 0.3 is 0 Å². The van der Waals surface area contributed by atoms with E-state index in [9.17, 15) is 0 Å². The van der Waals surface area contributed by atoms with Gasteiger partial charge in [0.15, 0.2) is 5.82 Å². The van der Waals surface area contributed by atoms with Crippen molar-refractivity contribution in [3.63, 3.8) is 0 Å². The standard InChI is InChI=1S/C10H19N5/c1-8-12-9(11)10(13-8)15-5-3-4-14(2)6-7-15/h3-7,11H2,1-2H3,(H,12,13). The van der Waals surface area contributed by atoms with Gasteiger partial charge in [-0.3, -0.25) is 0 Å². The monoisotopic (exact) mass is 209 g/mol. The number of imidazole rings is 1. The first-order valence-electron chi connectivity index (χ1n) is 5.42. The second kappa shape index (κ2) is 4.10. The Labute approximate surface area is 90.3 Å². The molecule has 0 aliphatic carbocycles. The second-order valence-electron chi connectivity index (χ2n) is 4.20. The molecular formula is C10H19N5. The van der Waals surface area contributed by atoms with E-state index in [0.717, 1.165) is 37.8 Å². The summed E-state index contributed by atoms with van der Waals surface area (Å²) in [7, 11) is 2.16. The molecule has 15 heavy (non-hydrogen) atoms. The molecule has 0 radical (unpaired) electrons. The zero-order chi connectivity index (χ0) is 10.8. The van der Waals surface area contributed by atoms with Crippen LogP contribution in [0.5, 0.6) is 0 Å². The number of aryl methyl sites for hydroxylation is 1. The highest BCUT2D eigenvalue weighted by Gasteiger charge is 2.17. The minimum absolute atomic E-state index is 0.692. The van der Waals surface area contributed by atoms with E-state index in [2.05, 4.69) is 26.8 Å². The van der Waals surface area contributed by atoms with Crippen molar-refractivity contribution in [3.8, 4) is 0 Å². The molecule has 3 N–H and O–H groups in total. The van der Waals surface area contributed by atoms with Crippen LogP contribution in [0.3, 0.4) is 0 Å². The Morgan fingerprint density at radius 2 is 2.07 bits per heavy atom. The topological polar surface area (TPSA) is 61.2 Å². The van der Waals surface area contributed by atoms with Crippen LogP contribution in [0, 0.1) is 6.92 Å². The van der Waals surface area contributed by atoms with Crippen molar-refractivity contribution < 1.29 is 0 Å². The number of nitrogens with one attached hydrogen (secondary N) is 1. The Bertz CT molecular complexity index is 333. The van der Waals surface area contributed by atoms with E-state index in [4.69, 9.17) is 5.73 Å². The van der Waals surface area contributed by atoms with Crippen molar-refractivity contribution in [1.82, 2.24) is 14.9 Å². The first-order chi connectivity index (χ1) is 7.16. The van der Waals surface area contributed by atoms with E-state index in [0.29, 0.717) is 5.82 Å². The molecule has 1 fully saturated rings. The Balaban J connectivity index is 2.12. The van der Waals surface area contributed by atoms with Crippen LogP contribution in [0.4, 0.5) is 11.6 Å². The van der Waals surface area contributed by atoms with Gasteiger partial charge in [-0.2, -0.15) is 0 Å². The minimum atomic E-state index is 0.692. The zero-order valence-corrected chi connectivity index (χ0v) is 9.45. The highest BCUT2D eigenvalue weighted by molar-refractivity contribution is 5.59. The van der Waals surface area contributed by atoms with Crippen LogP contribution in [0.25, 0.3) is 0 Å². The Morgan fingerprint density at radius 3 is 2.73 bits per heavy atom. The zero-order valence-electron chi connectivity index (χ0n) is 9.45. The highest BCUT2D eigenvalue weighted by Crippen LogP contribution is 2.20. The third-order valence-electron chi connectivity index (χ3n) is 2.85. The highest BCUT2D eigenvalue weighted by atomic mass is 15.3. The summed E-state index contributed by atoms with van der Waals surface area (Å²) in [5.74, 6) is 2.50. The molecule has 5 heteroatoms. The van der Waals surface area contributed by atoms with Gasteiger partial charge < -0.3 is 20.5 Å². The third-order valence-corrected chi connectivity index (χ3v) is 2.85. The van der Waals surface area contributed by atoms with Gasteiger partial charge in [0.2, 0.25) is 0 Å². The number of likely N-dealkylation sites (N-methyl/N-ethyl adjacent to an activating group) is 1. The van der Waals surface area contributed by atoms with Gasteiger partial charge in [0.05, 0.1) is 0 Å². The smallest absolute Gasteiger partial charge is 0.171 e. The molecule has 1 aliphatic heterocycles. The van der Waals surface area contributed by atoms with Crippen molar-refractivity contribution >= 4 is 11.6 Å². The molecule has 0 spiro atoms. The lowest BCUT2D eigenvalue weighted by molar-refractivity contribution is 0.360. The van der Waals surface area contributed by atoms with Gasteiger partial charge in [0, 0.05) is 19.6 Å². The quantitative estimate of drug-likeness (QED) is 0.704. The summed E-state index contributed by atoms with van der Waals surface area (Å²) < 4.78 is 0. The summed E-state index contributed by atoms with van der Waals surface area (Å²) in [6, 6.07) is 0. The maximum Gasteiger partial charge on any atom is 0.171 e. The first kappa shape index (κ1) is 10.3. The van der Waals surface area contributed by atoms with Gasteiger partial charge in [-0.25, -0.2) is 4.98 Å². The van der Waals surface area contributed by atoms with Crippen LogP contribution in [0.15, 0.2) is 0 Å². The molecule has 0 unspecified atom stereocenters. The van der Waals surface area contributed by atoms with Gasteiger partial charge in [-0.1, -0.05) is 0 Å². The average Bonchev–Trinajstić information content (AvgIpc) is 2.39. The lowest BCUT2D eigenvalue weighted by atomic mass is 10.4. The number of H-pyrrole nitrogens is 1. The second-order valence-corrected chi connectivity index (χ2v) is 4.20. The number of rotatable bonds is 1. The van der Waals surface area contributed by atoms with Crippen LogP contribution in [-0.4, -0.2) is 48.1 Å². The van der Waals surface area contributed by atoms with E-state index in [1.165, 1.54) is 6.42 Å². The molecule has 2 heterocycles. The predicted octanol–water partition coefficient (Wildman–Crippen LogP) is 0.442. The Hall–Kier alpha value is -1.23. The van der Waals surface area contributed by atoms with E-state index < -0.39 is 0 Å². The molecule has 84 valence electrons. The summed E-state index contributed by atoms with van der Waals surface area (Å²) >= 11 is 0. The van der Waals surface area contributed by atoms with Crippen molar-refractivity contribution in [3.05, 3.63) is 5.82 Å². The van der Waals surface area contributed by atoms with Crippen LogP contribution in [-0.2, 0) is 0 Å². The largest absolute Gasteiger partial charge is 0.382 e. The lowest BCUT2D eigenvalue weighted by Crippen LogP contribution is -2.29. The molecule has 1 aromatic heterocycles. The Kier molecular flexibility index (Phi) is 2.81. The Morgan fingerprint density at radius 1 is 1.27 bits per heavy atom. The number of hydrogen-bond donors (Lipinski definition) is 2. The van der Waals surface area contributed by atoms with E-state index >= 15 is 0 Å². The van der Waals surface area contributed by atoms with E-state index in [1.807, 2.05) is 6.92 Å². The molecule has 0 amide bonds. The van der Waals surface area contributed by atoms with Crippen molar-refractivity contribution in [1.29, 1.82) is 0 Å². The molecular weight excluding hydrogens is 190 g/mol. The molecule has 0 aromatic carbocycles. The van der Waals surface area contributed by atoms with E-state index in [-0.39, 0.29) is 0 Å². The molecule has 1 aliphatic rings. The van der Waals surface area contributed by atoms with Crippen LogP contribution < -0.4 is 10.6 Å². The number of anilines is 2. The van der Waals surface area contributed by atoms with Crippen LogP contribution in [0.1, 0.15) is 12.2 Å². The predicted molar refractivity (Wildman–Crippen MR) is 62.1 cm³/mol. The number of nitrogens with two attached hydrogens (primary N) is 1. The third kappa shape index (κ3) is 2.23. The summed E-state index contributed by atoms with van der Waals surface area (Å²) in [4.78, 5) is 12.1. The molecule has 1 saturated heterocycles. The first-order valence-corrected chi connectivity index (χ1v) is 5.42. The number of nitrogens with zero attached hydrogens (tertiary/aromatic N) is 3. The van der Waals surface area contributed by atoms with Gasteiger partial charge in [-0.05, 0) is 26.9 Å². The van der Waals surface area contributed by atoms with Crippen LogP contribution in [0.2, 0.25) is 0 Å². The number of aromatic amines is 1.